The van der Waals surface area contributed by atoms with Crippen molar-refractivity contribution in [1.29, 1.82) is 0 Å². The fourth-order valence-electron chi connectivity index (χ4n) is 1.70. The summed E-state index contributed by atoms with van der Waals surface area (Å²) < 4.78 is 41.5. The van der Waals surface area contributed by atoms with Gasteiger partial charge < -0.3 is 0 Å². The topological polar surface area (TPSA) is 33.6 Å². The van der Waals surface area contributed by atoms with Gasteiger partial charge in [0.05, 0.1) is 0 Å². The summed E-state index contributed by atoms with van der Waals surface area (Å²) in [6, 6.07) is 1.23. The number of hydrogen-bond acceptors (Lipinski definition) is 2. The smallest absolute Gasteiger partial charge is 0.200 e. The van der Waals surface area contributed by atoms with Crippen LogP contribution in [0.1, 0.15) is 19.2 Å². The van der Waals surface area contributed by atoms with E-state index in [4.69, 9.17) is 12.2 Å². The van der Waals surface area contributed by atoms with Crippen LogP contribution in [0.4, 0.5) is 13.2 Å². The molecule has 3 nitrogen and oxygen atoms in total. The highest BCUT2D eigenvalue weighted by Crippen LogP contribution is 2.21. The normalized spacial score (nSPS) is 10.9. The minimum absolute atomic E-state index is 0.0721. The largest absolute Gasteiger partial charge is 0.266 e. The van der Waals surface area contributed by atoms with Crippen molar-refractivity contribution in [3.8, 4) is 5.69 Å². The van der Waals surface area contributed by atoms with Gasteiger partial charge in [-0.1, -0.05) is 6.92 Å². The second-order valence-corrected chi connectivity index (χ2v) is 4.14. The van der Waals surface area contributed by atoms with Gasteiger partial charge in [0.25, 0.3) is 0 Å². The number of hydrogen-bond donors (Lipinski definition) is 1. The fraction of sp³-hybridized carbons (Fsp3) is 0.273. The molecule has 0 bridgehead atoms. The Morgan fingerprint density at radius 3 is 2.44 bits per heavy atom. The summed E-state index contributed by atoms with van der Waals surface area (Å²) in [5.41, 5.74) is -0.404. The average Bonchev–Trinajstić information content (AvgIpc) is 2.61. The molecule has 96 valence electrons. The van der Waals surface area contributed by atoms with E-state index in [0.717, 1.165) is 11.0 Å². The number of aryl methyl sites for hydroxylation is 1. The Kier molecular flexibility index (Phi) is 3.51. The lowest BCUT2D eigenvalue weighted by atomic mass is 10.2. The van der Waals surface area contributed by atoms with Gasteiger partial charge in [0.2, 0.25) is 0 Å². The maximum absolute atomic E-state index is 13.7. The van der Waals surface area contributed by atoms with Crippen LogP contribution < -0.4 is 0 Å². The number of H-pyrrole nitrogens is 1. The monoisotopic (exact) mass is 273 g/mol. The molecule has 0 aliphatic carbocycles. The number of aromatic amines is 1. The molecule has 2 aromatic rings. The van der Waals surface area contributed by atoms with Crippen molar-refractivity contribution in [3.63, 3.8) is 0 Å². The van der Waals surface area contributed by atoms with Crippen LogP contribution in [-0.4, -0.2) is 14.8 Å². The first-order valence-electron chi connectivity index (χ1n) is 5.35. The zero-order valence-corrected chi connectivity index (χ0v) is 10.3. The molecule has 1 aromatic heterocycles. The minimum atomic E-state index is -1.01. The fourth-order valence-corrected chi connectivity index (χ4v) is 1.94. The molecule has 1 aromatic carbocycles. The van der Waals surface area contributed by atoms with Gasteiger partial charge in [0, 0.05) is 18.6 Å². The lowest BCUT2D eigenvalue weighted by Crippen LogP contribution is -2.07. The van der Waals surface area contributed by atoms with Crippen molar-refractivity contribution in [1.82, 2.24) is 14.8 Å². The minimum Gasteiger partial charge on any atom is -0.266 e. The Morgan fingerprint density at radius 1 is 1.28 bits per heavy atom. The molecule has 0 radical (unpaired) electrons. The van der Waals surface area contributed by atoms with E-state index in [-0.39, 0.29) is 4.77 Å². The molecule has 0 fully saturated rings. The number of nitrogens with zero attached hydrogens (tertiary/aromatic N) is 2. The van der Waals surface area contributed by atoms with Crippen LogP contribution >= 0.6 is 12.2 Å². The first kappa shape index (κ1) is 12.8. The Bertz CT molecular complexity index is 610. The predicted molar refractivity (Wildman–Crippen MR) is 62.6 cm³/mol. The SMILES string of the molecule is CCCc1n[nH]c(=S)n1-c1c(F)cc(F)cc1F. The molecule has 0 atom stereocenters. The van der Waals surface area contributed by atoms with Crippen molar-refractivity contribution >= 4 is 12.2 Å². The first-order valence-corrected chi connectivity index (χ1v) is 5.76. The summed E-state index contributed by atoms with van der Waals surface area (Å²) in [6.07, 6.45) is 1.24. The Labute approximate surface area is 106 Å². The first-order chi connectivity index (χ1) is 8.54. The van der Waals surface area contributed by atoms with Crippen LogP contribution in [0.3, 0.4) is 0 Å². The molecule has 1 heterocycles. The highest BCUT2D eigenvalue weighted by atomic mass is 32.1. The van der Waals surface area contributed by atoms with E-state index in [0.29, 0.717) is 24.4 Å². The Morgan fingerprint density at radius 2 is 1.89 bits per heavy atom. The number of aromatic nitrogens is 3. The van der Waals surface area contributed by atoms with Crippen molar-refractivity contribution < 1.29 is 13.2 Å². The van der Waals surface area contributed by atoms with E-state index >= 15 is 0 Å². The molecule has 0 saturated carbocycles. The maximum atomic E-state index is 13.7. The van der Waals surface area contributed by atoms with Crippen molar-refractivity contribution in [3.05, 3.63) is 40.2 Å². The molecule has 1 N–H and O–H groups in total. The van der Waals surface area contributed by atoms with Gasteiger partial charge in [0.1, 0.15) is 17.3 Å². The zero-order valence-electron chi connectivity index (χ0n) is 9.51. The standard InChI is InChI=1S/C11H10F3N3S/c1-2-3-9-15-16-11(18)17(9)10-7(13)4-6(12)5-8(10)14/h4-5H,2-3H2,1H3,(H,16,18). The van der Waals surface area contributed by atoms with E-state index in [1.54, 1.807) is 0 Å². The Balaban J connectivity index is 2.69. The van der Waals surface area contributed by atoms with Gasteiger partial charge >= 0.3 is 0 Å². The molecule has 2 rings (SSSR count). The number of nitrogens with one attached hydrogen (secondary N) is 1. The summed E-state index contributed by atoms with van der Waals surface area (Å²) in [5.74, 6) is -2.59. The Hall–Kier alpha value is -1.63. The third kappa shape index (κ3) is 2.17. The van der Waals surface area contributed by atoms with Gasteiger partial charge in [-0.15, -0.1) is 0 Å². The molecule has 0 unspecified atom stereocenters. The quantitative estimate of drug-likeness (QED) is 0.870. The van der Waals surface area contributed by atoms with Crippen LogP contribution in [0, 0.1) is 22.2 Å². The van der Waals surface area contributed by atoms with Crippen LogP contribution in [0.15, 0.2) is 12.1 Å². The second-order valence-electron chi connectivity index (χ2n) is 3.75. The van der Waals surface area contributed by atoms with Crippen LogP contribution in [0.2, 0.25) is 0 Å². The van der Waals surface area contributed by atoms with Crippen LogP contribution in [-0.2, 0) is 6.42 Å². The molecule has 0 aliphatic heterocycles. The van der Waals surface area contributed by atoms with Crippen molar-refractivity contribution in [2.24, 2.45) is 0 Å². The molecular weight excluding hydrogens is 263 g/mol. The predicted octanol–water partition coefficient (Wildman–Crippen LogP) is 3.30. The van der Waals surface area contributed by atoms with Gasteiger partial charge in [0.15, 0.2) is 16.4 Å². The zero-order chi connectivity index (χ0) is 13.3. The summed E-state index contributed by atoms with van der Waals surface area (Å²) >= 11 is 4.94. The van der Waals surface area contributed by atoms with E-state index in [1.807, 2.05) is 6.92 Å². The van der Waals surface area contributed by atoms with Gasteiger partial charge in [-0.05, 0) is 18.6 Å². The van der Waals surface area contributed by atoms with E-state index < -0.39 is 23.1 Å². The number of benzene rings is 1. The molecule has 0 aliphatic rings. The van der Waals surface area contributed by atoms with Crippen LogP contribution in [0.25, 0.3) is 5.69 Å². The second kappa shape index (κ2) is 4.93. The van der Waals surface area contributed by atoms with E-state index in [1.165, 1.54) is 0 Å². The van der Waals surface area contributed by atoms with Gasteiger partial charge in [-0.3, -0.25) is 9.67 Å². The summed E-state index contributed by atoms with van der Waals surface area (Å²) in [6.45, 7) is 1.90. The summed E-state index contributed by atoms with van der Waals surface area (Å²) in [5, 5.41) is 6.38. The third-order valence-corrected chi connectivity index (χ3v) is 2.69. The maximum Gasteiger partial charge on any atom is 0.200 e. The van der Waals surface area contributed by atoms with Gasteiger partial charge in [-0.25, -0.2) is 13.2 Å². The van der Waals surface area contributed by atoms with E-state index in [9.17, 15) is 13.2 Å². The van der Waals surface area contributed by atoms with Crippen molar-refractivity contribution in [2.45, 2.75) is 19.8 Å². The molecule has 7 heteroatoms. The lowest BCUT2D eigenvalue weighted by molar-refractivity contribution is 0.531. The van der Waals surface area contributed by atoms with Crippen LogP contribution in [0.5, 0.6) is 0 Å². The lowest BCUT2D eigenvalue weighted by Gasteiger charge is -2.08. The highest BCUT2D eigenvalue weighted by molar-refractivity contribution is 7.71. The molecular formula is C11H10F3N3S. The average molecular weight is 273 g/mol. The molecule has 0 amide bonds. The van der Waals surface area contributed by atoms with Crippen molar-refractivity contribution in [2.75, 3.05) is 0 Å². The number of halogens is 3. The number of rotatable bonds is 3. The molecule has 0 spiro atoms. The summed E-state index contributed by atoms with van der Waals surface area (Å²) in [4.78, 5) is 0. The third-order valence-electron chi connectivity index (χ3n) is 2.42. The molecule has 18 heavy (non-hydrogen) atoms. The summed E-state index contributed by atoms with van der Waals surface area (Å²) in [7, 11) is 0. The molecule has 0 saturated heterocycles. The van der Waals surface area contributed by atoms with Gasteiger partial charge in [-0.2, -0.15) is 5.10 Å². The van der Waals surface area contributed by atoms with E-state index in [2.05, 4.69) is 10.2 Å². The highest BCUT2D eigenvalue weighted by Gasteiger charge is 2.17.